The Balaban J connectivity index is 2.90. The monoisotopic (exact) mass is 405 g/mol. The van der Waals surface area contributed by atoms with Gasteiger partial charge < -0.3 is 5.73 Å². The molecule has 13 heteroatoms. The maximum Gasteiger partial charge on any atom is 0.435 e. The number of rotatable bonds is 1. The molecular formula is C14H8F9N3O. The standard InChI is InChI=1S/C14H8F9N3O/c1-26-10(25-9(14(21,22)23)8(24)11(26)27)5-2-6(12(15,16)17)4-7(3-5)13(18,19)20/h2-4H,24H2,1H3. The van der Waals surface area contributed by atoms with Crippen LogP contribution in [0, 0.1) is 0 Å². The van der Waals surface area contributed by atoms with Crippen molar-refractivity contribution in [2.45, 2.75) is 18.5 Å². The lowest BCUT2D eigenvalue weighted by atomic mass is 10.0. The van der Waals surface area contributed by atoms with Crippen molar-refractivity contribution < 1.29 is 39.5 Å². The van der Waals surface area contributed by atoms with Crippen molar-refractivity contribution in [1.29, 1.82) is 0 Å². The first kappa shape index (κ1) is 20.6. The molecule has 4 nitrogen and oxygen atoms in total. The maximum absolute atomic E-state index is 12.9. The van der Waals surface area contributed by atoms with Gasteiger partial charge in [-0.3, -0.25) is 9.36 Å². The first-order valence-electron chi connectivity index (χ1n) is 6.77. The van der Waals surface area contributed by atoms with Crippen LogP contribution in [-0.2, 0) is 25.6 Å². The zero-order valence-corrected chi connectivity index (χ0v) is 13.0. The van der Waals surface area contributed by atoms with Crippen molar-refractivity contribution in [1.82, 2.24) is 9.55 Å². The van der Waals surface area contributed by atoms with Crippen molar-refractivity contribution >= 4 is 5.69 Å². The number of nitrogens with two attached hydrogens (primary N) is 1. The molecule has 0 saturated heterocycles. The van der Waals surface area contributed by atoms with Crippen LogP contribution in [-0.4, -0.2) is 9.55 Å². The van der Waals surface area contributed by atoms with Crippen molar-refractivity contribution in [2.24, 2.45) is 7.05 Å². The molecule has 1 aromatic carbocycles. The van der Waals surface area contributed by atoms with Gasteiger partial charge >= 0.3 is 18.5 Å². The molecule has 2 N–H and O–H groups in total. The van der Waals surface area contributed by atoms with E-state index in [1.54, 1.807) is 0 Å². The Kier molecular flexibility index (Phi) is 4.70. The molecule has 0 aliphatic carbocycles. The van der Waals surface area contributed by atoms with E-state index in [4.69, 9.17) is 5.73 Å². The van der Waals surface area contributed by atoms with E-state index in [1.807, 2.05) is 0 Å². The fourth-order valence-electron chi connectivity index (χ4n) is 2.18. The minimum absolute atomic E-state index is 0.160. The summed E-state index contributed by atoms with van der Waals surface area (Å²) in [4.78, 5) is 14.8. The third-order valence-electron chi connectivity index (χ3n) is 3.44. The molecule has 0 amide bonds. The minimum atomic E-state index is -5.25. The highest BCUT2D eigenvalue weighted by molar-refractivity contribution is 5.61. The van der Waals surface area contributed by atoms with Crippen LogP contribution in [0.1, 0.15) is 16.8 Å². The molecule has 1 aromatic heterocycles. The predicted molar refractivity (Wildman–Crippen MR) is 74.3 cm³/mol. The number of aromatic nitrogens is 2. The molecule has 0 fully saturated rings. The number of nitrogen functional groups attached to an aromatic ring is 1. The zero-order valence-electron chi connectivity index (χ0n) is 13.0. The van der Waals surface area contributed by atoms with E-state index >= 15 is 0 Å². The highest BCUT2D eigenvalue weighted by atomic mass is 19.4. The second-order valence-corrected chi connectivity index (χ2v) is 5.35. The Labute approximate surface area is 144 Å². The molecule has 2 aromatic rings. The Hall–Kier alpha value is -2.73. The van der Waals surface area contributed by atoms with Gasteiger partial charge in [-0.25, -0.2) is 4.98 Å². The molecule has 148 valence electrons. The number of anilines is 1. The summed E-state index contributed by atoms with van der Waals surface area (Å²) < 4.78 is 117. The van der Waals surface area contributed by atoms with E-state index in [-0.39, 0.29) is 18.2 Å². The van der Waals surface area contributed by atoms with Crippen LogP contribution in [0.4, 0.5) is 45.2 Å². The average Bonchev–Trinajstić information content (AvgIpc) is 2.49. The molecular weight excluding hydrogens is 397 g/mol. The van der Waals surface area contributed by atoms with Gasteiger partial charge in [0, 0.05) is 12.6 Å². The minimum Gasteiger partial charge on any atom is -0.392 e. The zero-order chi connectivity index (χ0) is 20.9. The number of hydrogen-bond acceptors (Lipinski definition) is 3. The van der Waals surface area contributed by atoms with Gasteiger partial charge in [0.2, 0.25) is 0 Å². The van der Waals surface area contributed by atoms with Crippen LogP contribution in [0.5, 0.6) is 0 Å². The van der Waals surface area contributed by atoms with Crippen molar-refractivity contribution in [2.75, 3.05) is 5.73 Å². The summed E-state index contributed by atoms with van der Waals surface area (Å²) in [6.45, 7) is 0. The number of benzene rings is 1. The fourth-order valence-corrected chi connectivity index (χ4v) is 2.18. The van der Waals surface area contributed by atoms with E-state index < -0.39 is 58.0 Å². The summed E-state index contributed by atoms with van der Waals surface area (Å²) in [5.41, 5.74) is -4.21. The molecule has 2 rings (SSSR count). The van der Waals surface area contributed by atoms with Crippen molar-refractivity contribution in [3.8, 4) is 11.4 Å². The summed E-state index contributed by atoms with van der Waals surface area (Å²) in [6, 6.07) is 0.115. The molecule has 0 saturated carbocycles. The average molecular weight is 405 g/mol. The number of hydrogen-bond donors (Lipinski definition) is 1. The third-order valence-corrected chi connectivity index (χ3v) is 3.44. The van der Waals surface area contributed by atoms with Crippen LogP contribution in [0.3, 0.4) is 0 Å². The van der Waals surface area contributed by atoms with E-state index in [0.29, 0.717) is 4.57 Å². The van der Waals surface area contributed by atoms with Crippen molar-refractivity contribution in [3.63, 3.8) is 0 Å². The van der Waals surface area contributed by atoms with Crippen LogP contribution >= 0.6 is 0 Å². The van der Waals surface area contributed by atoms with Crippen molar-refractivity contribution in [3.05, 3.63) is 45.4 Å². The van der Waals surface area contributed by atoms with Gasteiger partial charge in [-0.15, -0.1) is 0 Å². The second kappa shape index (κ2) is 6.16. The Morgan fingerprint density at radius 3 is 1.67 bits per heavy atom. The summed E-state index contributed by atoms with van der Waals surface area (Å²) >= 11 is 0. The Morgan fingerprint density at radius 2 is 1.30 bits per heavy atom. The van der Waals surface area contributed by atoms with Crippen LogP contribution < -0.4 is 11.3 Å². The van der Waals surface area contributed by atoms with Crippen LogP contribution in [0.2, 0.25) is 0 Å². The topological polar surface area (TPSA) is 60.9 Å². The highest BCUT2D eigenvalue weighted by Gasteiger charge is 2.39. The lowest BCUT2D eigenvalue weighted by Crippen LogP contribution is -2.28. The van der Waals surface area contributed by atoms with Gasteiger partial charge in [-0.2, -0.15) is 39.5 Å². The summed E-state index contributed by atoms with van der Waals surface area (Å²) in [6.07, 6.45) is -15.7. The van der Waals surface area contributed by atoms with E-state index in [0.717, 1.165) is 7.05 Å². The van der Waals surface area contributed by atoms with E-state index in [9.17, 15) is 44.3 Å². The fraction of sp³-hybridized carbons (Fsp3) is 0.286. The molecule has 0 bridgehead atoms. The molecule has 0 unspecified atom stereocenters. The number of nitrogens with zero attached hydrogens (tertiary/aromatic N) is 2. The van der Waals surface area contributed by atoms with Gasteiger partial charge in [0.1, 0.15) is 11.5 Å². The normalized spacial score (nSPS) is 13.1. The quantitative estimate of drug-likeness (QED) is 0.728. The Morgan fingerprint density at radius 1 is 0.852 bits per heavy atom. The third kappa shape index (κ3) is 4.01. The van der Waals surface area contributed by atoms with Gasteiger partial charge in [-0.1, -0.05) is 0 Å². The molecule has 0 spiro atoms. The summed E-state index contributed by atoms with van der Waals surface area (Å²) in [7, 11) is 0.814. The number of halogens is 9. The first-order chi connectivity index (χ1) is 12.0. The van der Waals surface area contributed by atoms with Crippen LogP contribution in [0.15, 0.2) is 23.0 Å². The second-order valence-electron chi connectivity index (χ2n) is 5.35. The van der Waals surface area contributed by atoms with Crippen LogP contribution in [0.25, 0.3) is 11.4 Å². The maximum atomic E-state index is 12.9. The molecule has 27 heavy (non-hydrogen) atoms. The van der Waals surface area contributed by atoms with Gasteiger partial charge in [0.25, 0.3) is 5.56 Å². The van der Waals surface area contributed by atoms with Gasteiger partial charge in [0.15, 0.2) is 5.69 Å². The van der Waals surface area contributed by atoms with E-state index in [2.05, 4.69) is 4.98 Å². The lowest BCUT2D eigenvalue weighted by Gasteiger charge is -2.17. The first-order valence-corrected chi connectivity index (χ1v) is 6.77. The molecule has 0 aliphatic heterocycles. The molecule has 0 atom stereocenters. The molecule has 0 aliphatic rings. The predicted octanol–water partition coefficient (Wildman–Crippen LogP) is 4.09. The highest BCUT2D eigenvalue weighted by Crippen LogP contribution is 2.39. The largest absolute Gasteiger partial charge is 0.435 e. The van der Waals surface area contributed by atoms with Gasteiger partial charge in [0.05, 0.1) is 11.1 Å². The summed E-state index contributed by atoms with van der Waals surface area (Å²) in [5.74, 6) is -1.06. The smallest absolute Gasteiger partial charge is 0.392 e. The Bertz CT molecular complexity index is 907. The SMILES string of the molecule is Cn1c(-c2cc(C(F)(F)F)cc(C(F)(F)F)c2)nc(C(F)(F)F)c(N)c1=O. The number of alkyl halides is 9. The molecule has 0 radical (unpaired) electrons. The lowest BCUT2D eigenvalue weighted by molar-refractivity contribution is -0.143. The summed E-state index contributed by atoms with van der Waals surface area (Å²) in [5, 5.41) is 0. The molecule has 1 heterocycles. The van der Waals surface area contributed by atoms with E-state index in [1.165, 1.54) is 0 Å². The van der Waals surface area contributed by atoms with Gasteiger partial charge in [-0.05, 0) is 18.2 Å².